The summed E-state index contributed by atoms with van der Waals surface area (Å²) in [5.74, 6) is -0.00695. The number of rotatable bonds is 8. The number of benzene rings is 1. The van der Waals surface area contributed by atoms with Crippen molar-refractivity contribution >= 4 is 39.4 Å². The first-order valence-corrected chi connectivity index (χ1v) is 11.6. The Kier molecular flexibility index (Phi) is 7.44. The number of halogens is 3. The molecule has 2 N–H and O–H groups in total. The quantitative estimate of drug-likeness (QED) is 0.439. The number of amides is 1. The topological polar surface area (TPSA) is 112 Å². The van der Waals surface area contributed by atoms with E-state index in [1.165, 1.54) is 11.6 Å². The van der Waals surface area contributed by atoms with Crippen LogP contribution in [0.25, 0.3) is 11.3 Å². The standard InChI is InChI=1S/C20H20F3N5O3S2/c1-4-31-16-10-24-9-14(26-16)12-5-7-13(8-6-12)25-17(29)19(2,3)15-11-32-18(27-15)28-33(30)20(21,22)23/h5-11H,4H2,1-3H3,(H,25,29)(H,27,28). The molecule has 13 heteroatoms. The zero-order valence-electron chi connectivity index (χ0n) is 17.8. The summed E-state index contributed by atoms with van der Waals surface area (Å²) in [7, 11) is 0. The van der Waals surface area contributed by atoms with Gasteiger partial charge < -0.3 is 14.6 Å². The lowest BCUT2D eigenvalue weighted by atomic mass is 9.89. The SMILES string of the molecule is CCOc1cncc(-c2ccc(NC(=O)C(C)(C)c3csc(N[S+]([O-])C(F)(F)F)n3)cc2)n1. The number of aromatic nitrogens is 3. The molecule has 2 aromatic heterocycles. The van der Waals surface area contributed by atoms with Gasteiger partial charge in [0.15, 0.2) is 11.4 Å². The molecule has 3 aromatic rings. The van der Waals surface area contributed by atoms with Crippen molar-refractivity contribution in [2.75, 3.05) is 16.6 Å². The number of carbonyl (C=O) groups excluding carboxylic acids is 1. The Morgan fingerprint density at radius 1 is 1.18 bits per heavy atom. The first kappa shape index (κ1) is 24.7. The molecule has 1 atom stereocenters. The Balaban J connectivity index is 1.68. The van der Waals surface area contributed by atoms with Gasteiger partial charge in [0.1, 0.15) is 0 Å². The van der Waals surface area contributed by atoms with Gasteiger partial charge in [-0.3, -0.25) is 9.78 Å². The predicted octanol–water partition coefficient (Wildman–Crippen LogP) is 4.51. The normalized spacial score (nSPS) is 12.8. The third-order valence-corrected chi connectivity index (χ3v) is 6.13. The highest BCUT2D eigenvalue weighted by atomic mass is 32.2. The predicted molar refractivity (Wildman–Crippen MR) is 120 cm³/mol. The molecule has 1 unspecified atom stereocenters. The molecular weight excluding hydrogens is 479 g/mol. The van der Waals surface area contributed by atoms with Crippen molar-refractivity contribution in [1.29, 1.82) is 0 Å². The minimum absolute atomic E-state index is 0.193. The van der Waals surface area contributed by atoms with E-state index in [1.54, 1.807) is 49.0 Å². The van der Waals surface area contributed by atoms with Gasteiger partial charge >= 0.3 is 5.51 Å². The molecule has 0 aliphatic rings. The van der Waals surface area contributed by atoms with Gasteiger partial charge in [-0.2, -0.15) is 4.72 Å². The smallest absolute Gasteiger partial charge is 0.586 e. The van der Waals surface area contributed by atoms with Gasteiger partial charge in [0.2, 0.25) is 16.9 Å². The Labute approximate surface area is 195 Å². The van der Waals surface area contributed by atoms with E-state index in [-0.39, 0.29) is 10.8 Å². The first-order chi connectivity index (χ1) is 15.5. The van der Waals surface area contributed by atoms with Gasteiger partial charge in [-0.25, -0.2) is 9.97 Å². The van der Waals surface area contributed by atoms with Gasteiger partial charge in [0.25, 0.3) is 0 Å². The highest BCUT2D eigenvalue weighted by Crippen LogP contribution is 2.31. The van der Waals surface area contributed by atoms with E-state index in [4.69, 9.17) is 4.74 Å². The lowest BCUT2D eigenvalue weighted by Crippen LogP contribution is -2.35. The zero-order chi connectivity index (χ0) is 24.2. The lowest BCUT2D eigenvalue weighted by Gasteiger charge is -2.21. The Hall–Kier alpha value is -2.90. The maximum atomic E-state index is 12.9. The van der Waals surface area contributed by atoms with Crippen molar-refractivity contribution in [1.82, 2.24) is 15.0 Å². The fourth-order valence-corrected chi connectivity index (χ4v) is 4.04. The summed E-state index contributed by atoms with van der Waals surface area (Å²) in [6.07, 6.45) is 3.11. The highest BCUT2D eigenvalue weighted by Gasteiger charge is 2.46. The van der Waals surface area contributed by atoms with Crippen LogP contribution in [0.5, 0.6) is 5.88 Å². The number of hydrogen-bond donors (Lipinski definition) is 2. The summed E-state index contributed by atoms with van der Waals surface area (Å²) in [5, 5.41) is 4.02. The van der Waals surface area contributed by atoms with Crippen LogP contribution in [0.3, 0.4) is 0 Å². The molecule has 0 spiro atoms. The molecule has 0 radical (unpaired) electrons. The number of alkyl halides is 3. The molecule has 0 saturated heterocycles. The second-order valence-corrected chi connectivity index (χ2v) is 9.25. The summed E-state index contributed by atoms with van der Waals surface area (Å²) < 4.78 is 55.8. The summed E-state index contributed by atoms with van der Waals surface area (Å²) in [5.41, 5.74) is -3.94. The molecule has 3 rings (SSSR count). The average Bonchev–Trinajstić information content (AvgIpc) is 3.23. The van der Waals surface area contributed by atoms with E-state index in [0.29, 0.717) is 23.9 Å². The molecule has 176 valence electrons. The molecule has 33 heavy (non-hydrogen) atoms. The van der Waals surface area contributed by atoms with E-state index in [9.17, 15) is 22.5 Å². The van der Waals surface area contributed by atoms with Crippen molar-refractivity contribution in [3.63, 3.8) is 0 Å². The molecule has 0 bridgehead atoms. The molecule has 0 aliphatic heterocycles. The second kappa shape index (κ2) is 9.93. The van der Waals surface area contributed by atoms with Crippen LogP contribution in [0.15, 0.2) is 42.0 Å². The van der Waals surface area contributed by atoms with Gasteiger partial charge in [-0.05, 0) is 32.9 Å². The number of thiazole rings is 1. The third-order valence-electron chi connectivity index (χ3n) is 4.45. The monoisotopic (exact) mass is 499 g/mol. The van der Waals surface area contributed by atoms with E-state index >= 15 is 0 Å². The van der Waals surface area contributed by atoms with Crippen LogP contribution >= 0.6 is 11.3 Å². The zero-order valence-corrected chi connectivity index (χ0v) is 19.4. The second-order valence-electron chi connectivity index (χ2n) is 7.19. The Morgan fingerprint density at radius 2 is 1.88 bits per heavy atom. The molecule has 2 heterocycles. The summed E-state index contributed by atoms with van der Waals surface area (Å²) in [6, 6.07) is 6.91. The van der Waals surface area contributed by atoms with Gasteiger partial charge in [0, 0.05) is 16.6 Å². The van der Waals surface area contributed by atoms with Crippen LogP contribution in [0.2, 0.25) is 0 Å². The molecule has 1 amide bonds. The minimum atomic E-state index is -4.92. The van der Waals surface area contributed by atoms with Crippen LogP contribution in [0.1, 0.15) is 26.5 Å². The fraction of sp³-hybridized carbons (Fsp3) is 0.300. The van der Waals surface area contributed by atoms with Crippen molar-refractivity contribution in [3.8, 4) is 17.1 Å². The number of anilines is 2. The molecule has 0 fully saturated rings. The van der Waals surface area contributed by atoms with Crippen LogP contribution < -0.4 is 14.8 Å². The number of hydrogen-bond acceptors (Lipinski definition) is 8. The highest BCUT2D eigenvalue weighted by molar-refractivity contribution is 7.93. The Bertz CT molecular complexity index is 1110. The summed E-state index contributed by atoms with van der Waals surface area (Å²) in [6.45, 7) is 5.49. The Morgan fingerprint density at radius 3 is 2.52 bits per heavy atom. The number of nitrogens with zero attached hydrogens (tertiary/aromatic N) is 3. The number of carbonyl (C=O) groups is 1. The number of nitrogens with one attached hydrogen (secondary N) is 2. The van der Waals surface area contributed by atoms with Crippen LogP contribution in [-0.2, 0) is 21.6 Å². The average molecular weight is 500 g/mol. The molecule has 0 saturated carbocycles. The van der Waals surface area contributed by atoms with E-state index < -0.39 is 28.2 Å². The maximum absolute atomic E-state index is 12.9. The maximum Gasteiger partial charge on any atom is 0.598 e. The minimum Gasteiger partial charge on any atom is -0.586 e. The van der Waals surface area contributed by atoms with Gasteiger partial charge in [0.05, 0.1) is 35.8 Å². The third kappa shape index (κ3) is 6.12. The largest absolute Gasteiger partial charge is 0.598 e. The van der Waals surface area contributed by atoms with E-state index in [1.807, 2.05) is 6.92 Å². The van der Waals surface area contributed by atoms with Crippen molar-refractivity contribution < 1.29 is 27.3 Å². The van der Waals surface area contributed by atoms with Crippen molar-refractivity contribution in [2.45, 2.75) is 31.7 Å². The molecule has 1 aromatic carbocycles. The molecule has 8 nitrogen and oxygen atoms in total. The number of ether oxygens (including phenoxy) is 1. The lowest BCUT2D eigenvalue weighted by molar-refractivity contribution is -0.120. The summed E-state index contributed by atoms with van der Waals surface area (Å²) >= 11 is -2.45. The van der Waals surface area contributed by atoms with Crippen LogP contribution in [0.4, 0.5) is 24.0 Å². The van der Waals surface area contributed by atoms with Gasteiger partial charge in [-0.15, -0.1) is 24.5 Å². The van der Waals surface area contributed by atoms with Crippen molar-refractivity contribution in [2.24, 2.45) is 0 Å². The molecule has 0 aliphatic carbocycles. The van der Waals surface area contributed by atoms with Gasteiger partial charge in [-0.1, -0.05) is 12.1 Å². The van der Waals surface area contributed by atoms with Crippen molar-refractivity contribution in [3.05, 3.63) is 47.7 Å². The molecular formula is C20H20F3N5O3S2. The van der Waals surface area contributed by atoms with E-state index in [2.05, 4.69) is 20.3 Å². The summed E-state index contributed by atoms with van der Waals surface area (Å²) in [4.78, 5) is 25.3. The fourth-order valence-electron chi connectivity index (χ4n) is 2.58. The van der Waals surface area contributed by atoms with E-state index in [0.717, 1.165) is 16.9 Å². The first-order valence-electron chi connectivity index (χ1n) is 9.58. The van der Waals surface area contributed by atoms with Crippen LogP contribution in [0, 0.1) is 0 Å². The van der Waals surface area contributed by atoms with Crippen LogP contribution in [-0.4, -0.2) is 37.5 Å².